The van der Waals surface area contributed by atoms with Gasteiger partial charge in [0.05, 0.1) is 6.10 Å². The van der Waals surface area contributed by atoms with Crippen LogP contribution in [0.1, 0.15) is 41.8 Å². The number of rotatable bonds is 4. The number of carbonyl (C=O) groups excluding carboxylic acids is 1. The van der Waals surface area contributed by atoms with Gasteiger partial charge in [-0.25, -0.2) is 0 Å². The van der Waals surface area contributed by atoms with Crippen LogP contribution in [0.25, 0.3) is 11.1 Å². The molecule has 3 heteroatoms. The summed E-state index contributed by atoms with van der Waals surface area (Å²) in [6, 6.07) is 15.7. The summed E-state index contributed by atoms with van der Waals surface area (Å²) in [6.45, 7) is 3.72. The summed E-state index contributed by atoms with van der Waals surface area (Å²) in [7, 11) is 0. The van der Waals surface area contributed by atoms with Gasteiger partial charge in [-0.05, 0) is 41.7 Å². The maximum Gasteiger partial charge on any atom is 0.253 e. The molecule has 1 heterocycles. The van der Waals surface area contributed by atoms with Crippen molar-refractivity contribution in [3.05, 3.63) is 59.7 Å². The Hall–Kier alpha value is -2.13. The van der Waals surface area contributed by atoms with Gasteiger partial charge in [-0.1, -0.05) is 43.3 Å². The molecule has 0 unspecified atom stereocenters. The molecule has 1 atom stereocenters. The minimum atomic E-state index is -0.398. The van der Waals surface area contributed by atoms with E-state index in [2.05, 4.69) is 0 Å². The van der Waals surface area contributed by atoms with Crippen LogP contribution in [0.5, 0.6) is 0 Å². The first-order valence-electron chi connectivity index (χ1n) is 7.87. The van der Waals surface area contributed by atoms with Crippen molar-refractivity contribution in [2.24, 2.45) is 0 Å². The van der Waals surface area contributed by atoms with E-state index in [1.165, 1.54) is 0 Å². The largest absolute Gasteiger partial charge is 0.388 e. The van der Waals surface area contributed by atoms with Crippen molar-refractivity contribution >= 4 is 5.91 Å². The second kappa shape index (κ2) is 6.32. The van der Waals surface area contributed by atoms with Gasteiger partial charge in [-0.2, -0.15) is 0 Å². The van der Waals surface area contributed by atoms with Gasteiger partial charge in [0.25, 0.3) is 5.91 Å². The van der Waals surface area contributed by atoms with Crippen LogP contribution in [-0.4, -0.2) is 29.0 Å². The van der Waals surface area contributed by atoms with E-state index in [0.717, 1.165) is 41.8 Å². The van der Waals surface area contributed by atoms with E-state index in [1.807, 2.05) is 60.4 Å². The van der Waals surface area contributed by atoms with Crippen molar-refractivity contribution in [1.82, 2.24) is 4.90 Å². The highest BCUT2D eigenvalue weighted by molar-refractivity contribution is 5.95. The molecule has 0 radical (unpaired) electrons. The highest BCUT2D eigenvalue weighted by Gasteiger charge is 2.21. The molecule has 1 aliphatic rings. The van der Waals surface area contributed by atoms with Crippen LogP contribution in [0.3, 0.4) is 0 Å². The Morgan fingerprint density at radius 1 is 1.05 bits per heavy atom. The third-order valence-electron chi connectivity index (χ3n) is 4.29. The Morgan fingerprint density at radius 3 is 2.05 bits per heavy atom. The third kappa shape index (κ3) is 2.90. The van der Waals surface area contributed by atoms with Crippen molar-refractivity contribution in [3.63, 3.8) is 0 Å². The first kappa shape index (κ1) is 14.8. The Bertz CT molecular complexity index is 642. The molecule has 1 amide bonds. The lowest BCUT2D eigenvalue weighted by Gasteiger charge is -2.30. The molecule has 0 aliphatic carbocycles. The highest BCUT2D eigenvalue weighted by Crippen LogP contribution is 2.24. The molecule has 0 spiro atoms. The maximum absolute atomic E-state index is 12.1. The number of amides is 1. The number of hydrogen-bond acceptors (Lipinski definition) is 2. The first-order chi connectivity index (χ1) is 10.7. The molecule has 3 rings (SSSR count). The summed E-state index contributed by atoms with van der Waals surface area (Å²) < 4.78 is 0. The zero-order valence-corrected chi connectivity index (χ0v) is 12.8. The van der Waals surface area contributed by atoms with E-state index in [4.69, 9.17) is 0 Å². The maximum atomic E-state index is 12.1. The molecule has 2 aromatic carbocycles. The average Bonchev–Trinajstić information content (AvgIpc) is 2.53. The normalized spacial score (nSPS) is 15.3. The van der Waals surface area contributed by atoms with E-state index >= 15 is 0 Å². The summed E-state index contributed by atoms with van der Waals surface area (Å²) in [5.41, 5.74) is 3.87. The number of carbonyl (C=O) groups is 1. The van der Waals surface area contributed by atoms with E-state index in [-0.39, 0.29) is 5.91 Å². The fourth-order valence-electron chi connectivity index (χ4n) is 2.64. The van der Waals surface area contributed by atoms with Gasteiger partial charge in [-0.3, -0.25) is 4.79 Å². The number of likely N-dealkylation sites (tertiary alicyclic amines) is 1. The molecular weight excluding hydrogens is 274 g/mol. The zero-order valence-electron chi connectivity index (χ0n) is 12.8. The van der Waals surface area contributed by atoms with Crippen molar-refractivity contribution < 1.29 is 9.90 Å². The Labute approximate surface area is 131 Å². The quantitative estimate of drug-likeness (QED) is 0.935. The summed E-state index contributed by atoms with van der Waals surface area (Å²) in [5.74, 6) is 0.124. The smallest absolute Gasteiger partial charge is 0.253 e. The number of hydrogen-bond donors (Lipinski definition) is 1. The van der Waals surface area contributed by atoms with Gasteiger partial charge >= 0.3 is 0 Å². The summed E-state index contributed by atoms with van der Waals surface area (Å²) >= 11 is 0. The van der Waals surface area contributed by atoms with Crippen molar-refractivity contribution in [1.29, 1.82) is 0 Å². The number of benzene rings is 2. The van der Waals surface area contributed by atoms with Gasteiger partial charge in [0.15, 0.2) is 0 Å². The summed E-state index contributed by atoms with van der Waals surface area (Å²) in [5, 5.41) is 9.83. The molecule has 114 valence electrons. The summed E-state index contributed by atoms with van der Waals surface area (Å²) in [6.07, 6.45) is 1.43. The number of aliphatic hydroxyl groups is 1. The summed E-state index contributed by atoms with van der Waals surface area (Å²) in [4.78, 5) is 14.0. The van der Waals surface area contributed by atoms with Crippen LogP contribution in [0.15, 0.2) is 48.5 Å². The molecule has 2 aromatic rings. The fraction of sp³-hybridized carbons (Fsp3) is 0.316. The van der Waals surface area contributed by atoms with Crippen molar-refractivity contribution in [2.75, 3.05) is 13.1 Å². The lowest BCUT2D eigenvalue weighted by Crippen LogP contribution is -2.41. The standard InChI is InChI=1S/C19H21NO2/c1-2-18(21)16-8-4-14(5-9-16)15-6-10-17(11-7-15)19(22)20-12-3-13-20/h4-11,18,21H,2-3,12-13H2,1H3/t18-/m0/s1. The molecular formula is C19H21NO2. The second-order valence-corrected chi connectivity index (χ2v) is 5.77. The molecule has 0 bridgehead atoms. The minimum absolute atomic E-state index is 0.124. The monoisotopic (exact) mass is 295 g/mol. The van der Waals surface area contributed by atoms with E-state index in [0.29, 0.717) is 6.42 Å². The molecule has 22 heavy (non-hydrogen) atoms. The van der Waals surface area contributed by atoms with E-state index < -0.39 is 6.10 Å². The van der Waals surface area contributed by atoms with Crippen LogP contribution in [-0.2, 0) is 0 Å². The first-order valence-corrected chi connectivity index (χ1v) is 7.87. The topological polar surface area (TPSA) is 40.5 Å². The Morgan fingerprint density at radius 2 is 1.59 bits per heavy atom. The van der Waals surface area contributed by atoms with E-state index in [9.17, 15) is 9.90 Å². The van der Waals surface area contributed by atoms with Crippen LogP contribution < -0.4 is 0 Å². The molecule has 0 aromatic heterocycles. The van der Waals surface area contributed by atoms with Gasteiger partial charge in [-0.15, -0.1) is 0 Å². The molecule has 1 N–H and O–H groups in total. The van der Waals surface area contributed by atoms with Gasteiger partial charge in [0, 0.05) is 18.7 Å². The van der Waals surface area contributed by atoms with Gasteiger partial charge in [0.1, 0.15) is 0 Å². The number of nitrogens with zero attached hydrogens (tertiary/aromatic N) is 1. The zero-order chi connectivity index (χ0) is 15.5. The molecule has 1 saturated heterocycles. The Kier molecular flexibility index (Phi) is 4.25. The average molecular weight is 295 g/mol. The van der Waals surface area contributed by atoms with Crippen molar-refractivity contribution in [3.8, 4) is 11.1 Å². The second-order valence-electron chi connectivity index (χ2n) is 5.77. The third-order valence-corrected chi connectivity index (χ3v) is 4.29. The highest BCUT2D eigenvalue weighted by atomic mass is 16.3. The molecule has 1 fully saturated rings. The van der Waals surface area contributed by atoms with Crippen LogP contribution >= 0.6 is 0 Å². The van der Waals surface area contributed by atoms with Crippen LogP contribution in [0, 0.1) is 0 Å². The lowest BCUT2D eigenvalue weighted by molar-refractivity contribution is 0.0652. The van der Waals surface area contributed by atoms with Gasteiger partial charge < -0.3 is 10.0 Å². The van der Waals surface area contributed by atoms with E-state index in [1.54, 1.807) is 0 Å². The molecule has 0 saturated carbocycles. The Balaban J connectivity index is 1.76. The van der Waals surface area contributed by atoms with Gasteiger partial charge in [0.2, 0.25) is 0 Å². The fourth-order valence-corrected chi connectivity index (χ4v) is 2.64. The predicted molar refractivity (Wildman–Crippen MR) is 87.6 cm³/mol. The van der Waals surface area contributed by atoms with Crippen LogP contribution in [0.2, 0.25) is 0 Å². The SMILES string of the molecule is CC[C@H](O)c1ccc(-c2ccc(C(=O)N3CCC3)cc2)cc1. The predicted octanol–water partition coefficient (Wildman–Crippen LogP) is 3.64. The molecule has 3 nitrogen and oxygen atoms in total. The lowest BCUT2D eigenvalue weighted by atomic mass is 9.99. The van der Waals surface area contributed by atoms with Crippen molar-refractivity contribution in [2.45, 2.75) is 25.9 Å². The number of aliphatic hydroxyl groups excluding tert-OH is 1. The van der Waals surface area contributed by atoms with Crippen LogP contribution in [0.4, 0.5) is 0 Å². The molecule has 1 aliphatic heterocycles. The minimum Gasteiger partial charge on any atom is -0.388 e.